The first-order valence-corrected chi connectivity index (χ1v) is 11.5. The van der Waals surface area contributed by atoms with Crippen LogP contribution in [-0.2, 0) is 11.8 Å². The van der Waals surface area contributed by atoms with Crippen molar-refractivity contribution in [2.24, 2.45) is 5.41 Å². The average Bonchev–Trinajstić information content (AvgIpc) is 3.26. The van der Waals surface area contributed by atoms with Gasteiger partial charge in [0.2, 0.25) is 5.95 Å². The molecule has 4 rings (SSSR count). The molecule has 0 aliphatic heterocycles. The Balaban J connectivity index is 1.56. The van der Waals surface area contributed by atoms with E-state index in [1.54, 1.807) is 25.3 Å². The van der Waals surface area contributed by atoms with Crippen molar-refractivity contribution in [1.29, 1.82) is 0 Å². The van der Waals surface area contributed by atoms with Gasteiger partial charge in [0.15, 0.2) is 6.29 Å². The van der Waals surface area contributed by atoms with E-state index in [4.69, 9.17) is 0 Å². The van der Waals surface area contributed by atoms with Crippen molar-refractivity contribution in [2.45, 2.75) is 57.6 Å². The van der Waals surface area contributed by atoms with E-state index in [2.05, 4.69) is 20.3 Å². The Morgan fingerprint density at radius 3 is 2.44 bits per heavy atom. The van der Waals surface area contributed by atoms with Crippen LogP contribution in [0.15, 0.2) is 36.7 Å². The number of aryl methyl sites for hydroxylation is 1. The molecule has 7 nitrogen and oxygen atoms in total. The monoisotopic (exact) mass is 494 g/mol. The number of hydrogen-bond donors (Lipinski definition) is 4. The van der Waals surface area contributed by atoms with Crippen LogP contribution in [0.2, 0.25) is 0 Å². The molecule has 0 radical (unpaired) electrons. The minimum absolute atomic E-state index is 0.165. The molecule has 2 aromatic heterocycles. The predicted octanol–water partition coefficient (Wildman–Crippen LogP) is 4.75. The SMILES string of the molecule is Cc1cc(Nc2nccc(C(F)(F)F)n2)cc(-c2cnc(C3(O)CCC(C)(C(O)O)CC3)s2)c1. The highest BCUT2D eigenvalue weighted by Gasteiger charge is 2.44. The zero-order chi connectivity index (χ0) is 24.7. The number of aliphatic hydroxyl groups is 3. The molecule has 0 bridgehead atoms. The molecule has 182 valence electrons. The molecule has 0 unspecified atom stereocenters. The second-order valence-electron chi connectivity index (χ2n) is 9.06. The van der Waals surface area contributed by atoms with Gasteiger partial charge in [0.05, 0.1) is 4.88 Å². The van der Waals surface area contributed by atoms with Gasteiger partial charge >= 0.3 is 6.18 Å². The predicted molar refractivity (Wildman–Crippen MR) is 121 cm³/mol. The van der Waals surface area contributed by atoms with Gasteiger partial charge in [-0.2, -0.15) is 13.2 Å². The Morgan fingerprint density at radius 2 is 1.79 bits per heavy atom. The highest BCUT2D eigenvalue weighted by molar-refractivity contribution is 7.15. The summed E-state index contributed by atoms with van der Waals surface area (Å²) in [7, 11) is 0. The van der Waals surface area contributed by atoms with Crippen molar-refractivity contribution < 1.29 is 28.5 Å². The second kappa shape index (κ2) is 8.88. The summed E-state index contributed by atoms with van der Waals surface area (Å²) in [6.07, 6.45) is -1.67. The lowest BCUT2D eigenvalue weighted by atomic mass is 9.69. The molecule has 1 aliphatic carbocycles. The Hall–Kier alpha value is -2.60. The number of nitrogens with one attached hydrogen (secondary N) is 1. The number of hydrogen-bond acceptors (Lipinski definition) is 8. The molecule has 0 atom stereocenters. The first kappa shape index (κ1) is 24.5. The zero-order valence-electron chi connectivity index (χ0n) is 18.6. The number of aliphatic hydroxyl groups excluding tert-OH is 1. The summed E-state index contributed by atoms with van der Waals surface area (Å²) in [5.74, 6) is -0.165. The van der Waals surface area contributed by atoms with Gasteiger partial charge in [-0.3, -0.25) is 0 Å². The van der Waals surface area contributed by atoms with Crippen LogP contribution in [0.4, 0.5) is 24.8 Å². The maximum Gasteiger partial charge on any atom is 0.433 e. The van der Waals surface area contributed by atoms with Gasteiger partial charge in [-0.25, -0.2) is 15.0 Å². The molecular weight excluding hydrogens is 469 g/mol. The van der Waals surface area contributed by atoms with E-state index in [0.29, 0.717) is 36.4 Å². The first-order chi connectivity index (χ1) is 15.9. The van der Waals surface area contributed by atoms with E-state index in [1.165, 1.54) is 11.3 Å². The summed E-state index contributed by atoms with van der Waals surface area (Å²) in [5.41, 5.74) is -0.661. The van der Waals surface area contributed by atoms with Crippen LogP contribution in [-0.4, -0.2) is 36.6 Å². The van der Waals surface area contributed by atoms with Crippen molar-refractivity contribution in [3.8, 4) is 10.4 Å². The molecule has 11 heteroatoms. The van der Waals surface area contributed by atoms with Crippen LogP contribution in [0.3, 0.4) is 0 Å². The number of aromatic nitrogens is 3. The molecule has 1 aliphatic rings. The first-order valence-electron chi connectivity index (χ1n) is 10.7. The third-order valence-corrected chi connectivity index (χ3v) is 7.55. The Bertz CT molecular complexity index is 1170. The normalized spacial score (nSPS) is 23.3. The topological polar surface area (TPSA) is 111 Å². The van der Waals surface area contributed by atoms with Crippen molar-refractivity contribution in [3.05, 3.63) is 52.9 Å². The summed E-state index contributed by atoms with van der Waals surface area (Å²) < 4.78 is 38.9. The number of nitrogens with zero attached hydrogens (tertiary/aromatic N) is 3. The Labute approximate surface area is 198 Å². The van der Waals surface area contributed by atoms with Crippen LogP contribution >= 0.6 is 11.3 Å². The van der Waals surface area contributed by atoms with E-state index in [9.17, 15) is 28.5 Å². The zero-order valence-corrected chi connectivity index (χ0v) is 19.4. The lowest BCUT2D eigenvalue weighted by molar-refractivity contribution is -0.162. The highest BCUT2D eigenvalue weighted by atomic mass is 32.1. The summed E-state index contributed by atoms with van der Waals surface area (Å²) in [5, 5.41) is 33.8. The fraction of sp³-hybridized carbons (Fsp3) is 0.435. The van der Waals surface area contributed by atoms with Crippen LogP contribution < -0.4 is 5.32 Å². The summed E-state index contributed by atoms with van der Waals surface area (Å²) in [6.45, 7) is 3.65. The molecule has 0 amide bonds. The molecule has 1 saturated carbocycles. The summed E-state index contributed by atoms with van der Waals surface area (Å²) >= 11 is 1.34. The number of alkyl halides is 3. The maximum absolute atomic E-state index is 13.0. The minimum atomic E-state index is -4.57. The van der Waals surface area contributed by atoms with Gasteiger partial charge in [-0.05, 0) is 61.9 Å². The van der Waals surface area contributed by atoms with Gasteiger partial charge in [0, 0.05) is 23.5 Å². The van der Waals surface area contributed by atoms with Crippen molar-refractivity contribution in [2.75, 3.05) is 5.32 Å². The van der Waals surface area contributed by atoms with Crippen LogP contribution in [0.1, 0.15) is 48.9 Å². The third kappa shape index (κ3) is 5.07. The van der Waals surface area contributed by atoms with E-state index in [0.717, 1.165) is 28.3 Å². The van der Waals surface area contributed by atoms with Gasteiger partial charge in [0.1, 0.15) is 16.3 Å². The van der Waals surface area contributed by atoms with Gasteiger partial charge in [-0.15, -0.1) is 11.3 Å². The third-order valence-electron chi connectivity index (χ3n) is 6.31. The fourth-order valence-corrected chi connectivity index (χ4v) is 5.08. The molecular formula is C23H25F3N4O3S. The Kier molecular flexibility index (Phi) is 6.40. The molecule has 4 N–H and O–H groups in total. The minimum Gasteiger partial charge on any atom is -0.383 e. The van der Waals surface area contributed by atoms with Gasteiger partial charge < -0.3 is 20.6 Å². The number of benzene rings is 1. The summed E-state index contributed by atoms with van der Waals surface area (Å²) in [6, 6.07) is 6.26. The fourth-order valence-electron chi connectivity index (χ4n) is 4.03. The molecule has 0 saturated heterocycles. The lowest BCUT2D eigenvalue weighted by Gasteiger charge is -2.41. The van der Waals surface area contributed by atoms with E-state index in [-0.39, 0.29) is 5.95 Å². The Morgan fingerprint density at radius 1 is 1.09 bits per heavy atom. The molecule has 0 spiro atoms. The van der Waals surface area contributed by atoms with Crippen molar-refractivity contribution >= 4 is 23.0 Å². The molecule has 1 fully saturated rings. The molecule has 1 aromatic carbocycles. The largest absolute Gasteiger partial charge is 0.433 e. The van der Waals surface area contributed by atoms with Crippen LogP contribution in [0.25, 0.3) is 10.4 Å². The molecule has 34 heavy (non-hydrogen) atoms. The standard InChI is InChI=1S/C23H25F3N4O3S/c1-13-9-14(11-15(10-13)29-20-27-8-3-17(30-20)23(24,25)26)16-12-28-18(34-16)22(33)6-4-21(2,5-7-22)19(31)32/h3,8-12,19,31-33H,4-7H2,1-2H3,(H,27,29,30). The van der Waals surface area contributed by atoms with E-state index >= 15 is 0 Å². The van der Waals surface area contributed by atoms with Crippen LogP contribution in [0.5, 0.6) is 0 Å². The van der Waals surface area contributed by atoms with Gasteiger partial charge in [0.25, 0.3) is 0 Å². The molecule has 2 heterocycles. The van der Waals surface area contributed by atoms with Crippen molar-refractivity contribution in [1.82, 2.24) is 15.0 Å². The van der Waals surface area contributed by atoms with Gasteiger partial charge in [-0.1, -0.05) is 13.0 Å². The number of thiazole rings is 1. The highest BCUT2D eigenvalue weighted by Crippen LogP contribution is 2.48. The number of anilines is 2. The lowest BCUT2D eigenvalue weighted by Crippen LogP contribution is -2.41. The quantitative estimate of drug-likeness (QED) is 0.379. The van der Waals surface area contributed by atoms with Crippen LogP contribution in [0, 0.1) is 12.3 Å². The summed E-state index contributed by atoms with van der Waals surface area (Å²) in [4.78, 5) is 12.6. The smallest absolute Gasteiger partial charge is 0.383 e. The van der Waals surface area contributed by atoms with Crippen molar-refractivity contribution in [3.63, 3.8) is 0 Å². The average molecular weight is 495 g/mol. The molecule has 3 aromatic rings. The van der Waals surface area contributed by atoms with E-state index in [1.807, 2.05) is 13.0 Å². The number of rotatable bonds is 5. The maximum atomic E-state index is 13.0. The van der Waals surface area contributed by atoms with E-state index < -0.39 is 29.2 Å². The second-order valence-corrected chi connectivity index (χ2v) is 10.1. The number of halogens is 3.